The van der Waals surface area contributed by atoms with Gasteiger partial charge in [-0.1, -0.05) is 37.3 Å². The van der Waals surface area contributed by atoms with Crippen LogP contribution in [0.3, 0.4) is 0 Å². The monoisotopic (exact) mass is 483 g/mol. The van der Waals surface area contributed by atoms with E-state index in [1.807, 2.05) is 66.4 Å². The molecule has 2 aliphatic heterocycles. The van der Waals surface area contributed by atoms with Crippen LogP contribution in [0.15, 0.2) is 72.8 Å². The molecule has 3 aromatic rings. The van der Waals surface area contributed by atoms with Gasteiger partial charge < -0.3 is 19.9 Å². The molecule has 3 aromatic carbocycles. The molecule has 0 radical (unpaired) electrons. The highest BCUT2D eigenvalue weighted by Crippen LogP contribution is 2.42. The van der Waals surface area contributed by atoms with E-state index >= 15 is 0 Å². The Kier molecular flexibility index (Phi) is 7.05. The van der Waals surface area contributed by atoms with Gasteiger partial charge >= 0.3 is 0 Å². The number of ether oxygens (including phenoxy) is 1. The summed E-state index contributed by atoms with van der Waals surface area (Å²) >= 11 is 0. The largest absolute Gasteiger partial charge is 0.378 e. The Morgan fingerprint density at radius 3 is 2.33 bits per heavy atom. The molecule has 2 heterocycles. The van der Waals surface area contributed by atoms with Gasteiger partial charge in [0, 0.05) is 54.1 Å². The Balaban J connectivity index is 1.39. The molecule has 2 aliphatic rings. The highest BCUT2D eigenvalue weighted by Gasteiger charge is 2.34. The van der Waals surface area contributed by atoms with Crippen molar-refractivity contribution in [2.45, 2.75) is 38.6 Å². The Labute approximate surface area is 212 Å². The van der Waals surface area contributed by atoms with Crippen LogP contribution < -0.4 is 15.1 Å². The molecule has 6 nitrogen and oxygen atoms in total. The van der Waals surface area contributed by atoms with E-state index in [1.54, 1.807) is 0 Å². The van der Waals surface area contributed by atoms with E-state index in [2.05, 4.69) is 35.3 Å². The summed E-state index contributed by atoms with van der Waals surface area (Å²) in [6, 6.07) is 24.3. The molecule has 6 heteroatoms. The minimum Gasteiger partial charge on any atom is -0.378 e. The van der Waals surface area contributed by atoms with Gasteiger partial charge in [-0.25, -0.2) is 0 Å². The predicted molar refractivity (Wildman–Crippen MR) is 144 cm³/mol. The third-order valence-corrected chi connectivity index (χ3v) is 7.22. The van der Waals surface area contributed by atoms with Crippen molar-refractivity contribution < 1.29 is 14.3 Å². The molecule has 186 valence electrons. The highest BCUT2D eigenvalue weighted by molar-refractivity contribution is 6.07. The Hall–Kier alpha value is -3.64. The van der Waals surface area contributed by atoms with Crippen LogP contribution in [0.25, 0.3) is 0 Å². The van der Waals surface area contributed by atoms with Crippen LogP contribution in [0.1, 0.15) is 54.1 Å². The normalized spacial score (nSPS) is 19.5. The number of morpholine rings is 1. The molecule has 0 aromatic heterocycles. The van der Waals surface area contributed by atoms with Crippen LogP contribution in [-0.2, 0) is 9.53 Å². The molecule has 2 amide bonds. The lowest BCUT2D eigenvalue weighted by Gasteiger charge is -2.40. The van der Waals surface area contributed by atoms with Gasteiger partial charge in [0.1, 0.15) is 0 Å². The fourth-order valence-corrected chi connectivity index (χ4v) is 5.26. The molecule has 36 heavy (non-hydrogen) atoms. The summed E-state index contributed by atoms with van der Waals surface area (Å²) < 4.78 is 5.45. The lowest BCUT2D eigenvalue weighted by Crippen LogP contribution is -2.43. The number of hydrogen-bond donors (Lipinski definition) is 1. The zero-order valence-corrected chi connectivity index (χ0v) is 20.9. The molecular weight excluding hydrogens is 450 g/mol. The van der Waals surface area contributed by atoms with E-state index < -0.39 is 0 Å². The number of para-hydroxylation sites is 1. The molecule has 0 spiro atoms. The molecular formula is C30H33N3O3. The number of rotatable bonds is 5. The number of fused-ring (bicyclic) bond motifs is 1. The predicted octanol–water partition coefficient (Wildman–Crippen LogP) is 5.44. The minimum absolute atomic E-state index is 0.00603. The second kappa shape index (κ2) is 10.5. The van der Waals surface area contributed by atoms with Crippen LogP contribution in [0.5, 0.6) is 0 Å². The van der Waals surface area contributed by atoms with Crippen molar-refractivity contribution >= 4 is 28.9 Å². The fraction of sp³-hybridized carbons (Fsp3) is 0.333. The van der Waals surface area contributed by atoms with Gasteiger partial charge in [-0.3, -0.25) is 9.59 Å². The van der Waals surface area contributed by atoms with Crippen LogP contribution in [0.4, 0.5) is 17.1 Å². The van der Waals surface area contributed by atoms with Gasteiger partial charge in [-0.05, 0) is 66.9 Å². The van der Waals surface area contributed by atoms with Gasteiger partial charge in [0.15, 0.2) is 0 Å². The van der Waals surface area contributed by atoms with Crippen LogP contribution >= 0.6 is 0 Å². The second-order valence-electron chi connectivity index (χ2n) is 9.54. The number of anilines is 3. The maximum atomic E-state index is 13.7. The summed E-state index contributed by atoms with van der Waals surface area (Å²) in [4.78, 5) is 29.7. The third kappa shape index (κ3) is 4.86. The van der Waals surface area contributed by atoms with E-state index in [-0.39, 0.29) is 23.8 Å². The van der Waals surface area contributed by atoms with Crippen molar-refractivity contribution in [3.05, 3.63) is 89.5 Å². The zero-order valence-electron chi connectivity index (χ0n) is 20.9. The quantitative estimate of drug-likeness (QED) is 0.525. The number of benzene rings is 3. The number of amides is 2. The van der Waals surface area contributed by atoms with Crippen molar-refractivity contribution in [2.75, 3.05) is 41.4 Å². The summed E-state index contributed by atoms with van der Waals surface area (Å²) in [6.07, 6.45) is 1.28. The maximum Gasteiger partial charge on any atom is 0.258 e. The first kappa shape index (κ1) is 24.1. The summed E-state index contributed by atoms with van der Waals surface area (Å²) in [5, 5.41) is 2.91. The minimum atomic E-state index is 0.00603. The topological polar surface area (TPSA) is 61.9 Å². The first-order valence-corrected chi connectivity index (χ1v) is 12.8. The highest BCUT2D eigenvalue weighted by atomic mass is 16.5. The lowest BCUT2D eigenvalue weighted by atomic mass is 9.81. The molecule has 5 rings (SSSR count). The van der Waals surface area contributed by atoms with Crippen molar-refractivity contribution in [3.8, 4) is 0 Å². The Morgan fingerprint density at radius 1 is 0.944 bits per heavy atom. The van der Waals surface area contributed by atoms with Crippen LogP contribution in [0, 0.1) is 0 Å². The van der Waals surface area contributed by atoms with Crippen molar-refractivity contribution in [1.29, 1.82) is 0 Å². The second-order valence-corrected chi connectivity index (χ2v) is 9.54. The molecule has 1 fully saturated rings. The van der Waals surface area contributed by atoms with Gasteiger partial charge in [0.2, 0.25) is 5.91 Å². The van der Waals surface area contributed by atoms with Crippen LogP contribution in [0.2, 0.25) is 0 Å². The fourth-order valence-electron chi connectivity index (χ4n) is 5.26. The molecule has 1 N–H and O–H groups in total. The molecule has 2 atom stereocenters. The first-order valence-electron chi connectivity index (χ1n) is 12.8. The smallest absolute Gasteiger partial charge is 0.258 e. The zero-order chi connectivity index (χ0) is 25.1. The van der Waals surface area contributed by atoms with Gasteiger partial charge in [0.05, 0.1) is 13.2 Å². The van der Waals surface area contributed by atoms with Crippen molar-refractivity contribution in [3.63, 3.8) is 0 Å². The Morgan fingerprint density at radius 2 is 1.64 bits per heavy atom. The average Bonchev–Trinajstić information content (AvgIpc) is 2.93. The summed E-state index contributed by atoms with van der Waals surface area (Å²) in [5.41, 5.74) is 5.93. The number of carbonyl (C=O) groups is 2. The SMILES string of the molecule is CCC(=O)Nc1ccc(C2CC(C)N(C(=O)c3ccc(N4CCOCC4)cc3)c3ccccc32)cc1. The average molecular weight is 484 g/mol. The summed E-state index contributed by atoms with van der Waals surface area (Å²) in [6.45, 7) is 7.18. The van der Waals surface area contributed by atoms with Crippen LogP contribution in [-0.4, -0.2) is 44.2 Å². The third-order valence-electron chi connectivity index (χ3n) is 7.22. The van der Waals surface area contributed by atoms with Gasteiger partial charge in [-0.15, -0.1) is 0 Å². The maximum absolute atomic E-state index is 13.7. The lowest BCUT2D eigenvalue weighted by molar-refractivity contribution is -0.115. The number of nitrogens with zero attached hydrogens (tertiary/aromatic N) is 2. The number of nitrogens with one attached hydrogen (secondary N) is 1. The van der Waals surface area contributed by atoms with E-state index in [0.717, 1.165) is 55.3 Å². The molecule has 1 saturated heterocycles. The summed E-state index contributed by atoms with van der Waals surface area (Å²) in [7, 11) is 0. The summed E-state index contributed by atoms with van der Waals surface area (Å²) in [5.74, 6) is 0.214. The first-order chi connectivity index (χ1) is 17.5. The number of carbonyl (C=O) groups excluding carboxylic acids is 2. The van der Waals surface area contributed by atoms with Gasteiger partial charge in [-0.2, -0.15) is 0 Å². The Bertz CT molecular complexity index is 1220. The molecule has 2 unspecified atom stereocenters. The molecule has 0 saturated carbocycles. The van der Waals surface area contributed by atoms with E-state index in [0.29, 0.717) is 12.0 Å². The van der Waals surface area contributed by atoms with E-state index in [9.17, 15) is 9.59 Å². The van der Waals surface area contributed by atoms with Crippen molar-refractivity contribution in [2.24, 2.45) is 0 Å². The molecule has 0 aliphatic carbocycles. The molecule has 0 bridgehead atoms. The standard InChI is InChI=1S/C30H33N3O3/c1-3-29(34)31-24-12-8-22(9-13-24)27-20-21(2)33(28-7-5-4-6-26(27)28)30(35)23-10-14-25(15-11-23)32-16-18-36-19-17-32/h4-15,21,27H,3,16-20H2,1-2H3,(H,31,34). The van der Waals surface area contributed by atoms with Gasteiger partial charge in [0.25, 0.3) is 5.91 Å². The number of hydrogen-bond acceptors (Lipinski definition) is 4. The van der Waals surface area contributed by atoms with Crippen molar-refractivity contribution in [1.82, 2.24) is 0 Å². The van der Waals surface area contributed by atoms with E-state index in [1.165, 1.54) is 5.56 Å². The van der Waals surface area contributed by atoms with E-state index in [4.69, 9.17) is 4.74 Å².